The summed E-state index contributed by atoms with van der Waals surface area (Å²) < 4.78 is 6.54. The van der Waals surface area contributed by atoms with Crippen LogP contribution in [0, 0.1) is 32.1 Å². The number of amides is 1. The number of halogens is 1. The lowest BCUT2D eigenvalue weighted by molar-refractivity contribution is -0.115. The zero-order valence-electron chi connectivity index (χ0n) is 11.6. The predicted octanol–water partition coefficient (Wildman–Crippen LogP) is 2.57. The topological polar surface area (TPSA) is 62.1 Å². The van der Waals surface area contributed by atoms with Gasteiger partial charge in [-0.15, -0.1) is 0 Å². The molecule has 5 heteroatoms. The van der Waals surface area contributed by atoms with Crippen LogP contribution in [0.1, 0.15) is 22.3 Å². The molecule has 0 aliphatic carbocycles. The maximum atomic E-state index is 10.9. The average Bonchev–Trinajstić information content (AvgIpc) is 2.41. The number of hydrogen-bond acceptors (Lipinski definition) is 3. The van der Waals surface area contributed by atoms with Crippen LogP contribution in [0.2, 0.25) is 0 Å². The van der Waals surface area contributed by atoms with Crippen LogP contribution in [0.25, 0.3) is 0 Å². The molecule has 0 unspecified atom stereocenters. The number of hydrogen-bond donors (Lipinski definition) is 1. The number of methoxy groups -OCH3 is 1. The molecule has 0 bridgehead atoms. The van der Waals surface area contributed by atoms with Gasteiger partial charge in [-0.3, -0.25) is 4.79 Å². The standard InChI is InChI=1S/C14H17BrN2O2/c1-8-9(2)14(19-4)11(10(3)13(8)15)5-6-17-12(18)7-16/h5-6H2,1-4H3,(H,17,18). The Morgan fingerprint density at radius 2 is 1.95 bits per heavy atom. The quantitative estimate of drug-likeness (QED) is 0.866. The van der Waals surface area contributed by atoms with Gasteiger partial charge in [-0.05, 0) is 43.9 Å². The molecular formula is C14H17BrN2O2. The highest BCUT2D eigenvalue weighted by Gasteiger charge is 2.16. The summed E-state index contributed by atoms with van der Waals surface area (Å²) in [7, 11) is 1.65. The molecule has 1 N–H and O–H groups in total. The SMILES string of the molecule is COc1c(C)c(C)c(Br)c(C)c1CCNC(=O)C#N. The van der Waals surface area contributed by atoms with E-state index in [4.69, 9.17) is 10.00 Å². The van der Waals surface area contributed by atoms with Crippen molar-refractivity contribution in [3.05, 3.63) is 26.7 Å². The molecule has 0 saturated heterocycles. The van der Waals surface area contributed by atoms with E-state index >= 15 is 0 Å². The molecule has 1 amide bonds. The first-order chi connectivity index (χ1) is 8.93. The van der Waals surface area contributed by atoms with Crippen molar-refractivity contribution in [2.75, 3.05) is 13.7 Å². The largest absolute Gasteiger partial charge is 0.496 e. The lowest BCUT2D eigenvalue weighted by Crippen LogP contribution is -2.24. The summed E-state index contributed by atoms with van der Waals surface area (Å²) in [6, 6.07) is 1.54. The molecule has 0 fully saturated rings. The van der Waals surface area contributed by atoms with Crippen molar-refractivity contribution >= 4 is 21.8 Å². The van der Waals surface area contributed by atoms with Gasteiger partial charge in [0.2, 0.25) is 0 Å². The van der Waals surface area contributed by atoms with E-state index in [-0.39, 0.29) is 0 Å². The number of carbonyl (C=O) groups excluding carboxylic acids is 1. The Hall–Kier alpha value is -1.54. The van der Waals surface area contributed by atoms with Gasteiger partial charge in [0.05, 0.1) is 7.11 Å². The van der Waals surface area contributed by atoms with Crippen molar-refractivity contribution in [1.82, 2.24) is 5.32 Å². The van der Waals surface area contributed by atoms with E-state index in [1.54, 1.807) is 7.11 Å². The highest BCUT2D eigenvalue weighted by molar-refractivity contribution is 9.10. The maximum Gasteiger partial charge on any atom is 0.322 e. The molecule has 102 valence electrons. The van der Waals surface area contributed by atoms with Crippen molar-refractivity contribution in [1.29, 1.82) is 5.26 Å². The Balaban J connectivity index is 3.06. The zero-order chi connectivity index (χ0) is 14.6. The summed E-state index contributed by atoms with van der Waals surface area (Å²) in [5, 5.41) is 11.0. The van der Waals surface area contributed by atoms with Crippen molar-refractivity contribution in [3.8, 4) is 11.8 Å². The van der Waals surface area contributed by atoms with Gasteiger partial charge in [0.15, 0.2) is 6.07 Å². The minimum absolute atomic E-state index is 0.415. The lowest BCUT2D eigenvalue weighted by atomic mass is 9.97. The number of nitrogens with one attached hydrogen (secondary N) is 1. The molecule has 19 heavy (non-hydrogen) atoms. The van der Waals surface area contributed by atoms with Gasteiger partial charge in [0.25, 0.3) is 0 Å². The van der Waals surface area contributed by atoms with Crippen molar-refractivity contribution in [2.24, 2.45) is 0 Å². The van der Waals surface area contributed by atoms with Crippen LogP contribution in [0.4, 0.5) is 0 Å². The van der Waals surface area contributed by atoms with E-state index in [2.05, 4.69) is 21.2 Å². The number of nitriles is 1. The average molecular weight is 325 g/mol. The number of ether oxygens (including phenoxy) is 1. The van der Waals surface area contributed by atoms with Gasteiger partial charge in [-0.2, -0.15) is 5.26 Å². The minimum atomic E-state index is -0.612. The second kappa shape index (κ2) is 6.58. The second-order valence-electron chi connectivity index (χ2n) is 4.32. The molecular weight excluding hydrogens is 308 g/mol. The zero-order valence-corrected chi connectivity index (χ0v) is 13.1. The molecule has 1 rings (SSSR count). The molecule has 0 aromatic heterocycles. The molecule has 0 aliphatic heterocycles. The Kier molecular flexibility index (Phi) is 5.37. The van der Waals surface area contributed by atoms with E-state index in [1.807, 2.05) is 20.8 Å². The summed E-state index contributed by atoms with van der Waals surface area (Å²) in [5.74, 6) is 0.240. The molecule has 0 aliphatic rings. The highest BCUT2D eigenvalue weighted by atomic mass is 79.9. The minimum Gasteiger partial charge on any atom is -0.496 e. The Labute approximate surface area is 121 Å². The van der Waals surface area contributed by atoms with E-state index < -0.39 is 5.91 Å². The molecule has 0 saturated carbocycles. The number of benzene rings is 1. The smallest absolute Gasteiger partial charge is 0.322 e. The van der Waals surface area contributed by atoms with Gasteiger partial charge in [-0.25, -0.2) is 0 Å². The fraction of sp³-hybridized carbons (Fsp3) is 0.429. The summed E-state index contributed by atoms with van der Waals surface area (Å²) in [4.78, 5) is 10.9. The van der Waals surface area contributed by atoms with Crippen LogP contribution >= 0.6 is 15.9 Å². The summed E-state index contributed by atoms with van der Waals surface area (Å²) in [6.45, 7) is 6.48. The summed E-state index contributed by atoms with van der Waals surface area (Å²) >= 11 is 3.58. The lowest BCUT2D eigenvalue weighted by Gasteiger charge is -2.18. The second-order valence-corrected chi connectivity index (χ2v) is 5.11. The number of nitrogens with zero attached hydrogens (tertiary/aromatic N) is 1. The van der Waals surface area contributed by atoms with Crippen LogP contribution < -0.4 is 10.1 Å². The Morgan fingerprint density at radius 3 is 2.47 bits per heavy atom. The molecule has 0 radical (unpaired) electrons. The van der Waals surface area contributed by atoms with E-state index in [9.17, 15) is 4.79 Å². The monoisotopic (exact) mass is 324 g/mol. The molecule has 4 nitrogen and oxygen atoms in total. The number of carbonyl (C=O) groups is 1. The summed E-state index contributed by atoms with van der Waals surface area (Å²) in [5.41, 5.74) is 4.39. The third-order valence-electron chi connectivity index (χ3n) is 3.25. The van der Waals surface area contributed by atoms with E-state index in [0.29, 0.717) is 13.0 Å². The van der Waals surface area contributed by atoms with E-state index in [1.165, 1.54) is 6.07 Å². The fourth-order valence-electron chi connectivity index (χ4n) is 2.06. The Bertz CT molecular complexity index is 548. The van der Waals surface area contributed by atoms with Gasteiger partial charge >= 0.3 is 5.91 Å². The molecule has 0 atom stereocenters. The normalized spacial score (nSPS) is 9.89. The van der Waals surface area contributed by atoms with Crippen molar-refractivity contribution in [2.45, 2.75) is 27.2 Å². The first-order valence-corrected chi connectivity index (χ1v) is 6.73. The molecule has 1 aromatic rings. The van der Waals surface area contributed by atoms with Gasteiger partial charge in [0, 0.05) is 16.6 Å². The summed E-state index contributed by atoms with van der Waals surface area (Å²) in [6.07, 6.45) is 0.627. The first kappa shape index (κ1) is 15.5. The first-order valence-electron chi connectivity index (χ1n) is 5.94. The van der Waals surface area contributed by atoms with Gasteiger partial charge in [0.1, 0.15) is 5.75 Å². The molecule has 0 heterocycles. The Morgan fingerprint density at radius 1 is 1.32 bits per heavy atom. The number of rotatable bonds is 4. The third kappa shape index (κ3) is 3.27. The molecule has 0 spiro atoms. The molecule has 1 aromatic carbocycles. The van der Waals surface area contributed by atoms with Gasteiger partial charge in [-0.1, -0.05) is 15.9 Å². The van der Waals surface area contributed by atoms with Crippen LogP contribution in [0.3, 0.4) is 0 Å². The highest BCUT2D eigenvalue weighted by Crippen LogP contribution is 2.36. The van der Waals surface area contributed by atoms with Crippen LogP contribution in [-0.4, -0.2) is 19.6 Å². The van der Waals surface area contributed by atoms with Crippen LogP contribution in [0.5, 0.6) is 5.75 Å². The third-order valence-corrected chi connectivity index (χ3v) is 4.44. The predicted molar refractivity (Wildman–Crippen MR) is 77.2 cm³/mol. The van der Waals surface area contributed by atoms with Crippen molar-refractivity contribution < 1.29 is 9.53 Å². The van der Waals surface area contributed by atoms with Crippen molar-refractivity contribution in [3.63, 3.8) is 0 Å². The van der Waals surface area contributed by atoms with E-state index in [0.717, 1.165) is 32.5 Å². The van der Waals surface area contributed by atoms with Crippen LogP contribution in [-0.2, 0) is 11.2 Å². The maximum absolute atomic E-state index is 10.9. The van der Waals surface area contributed by atoms with Crippen LogP contribution in [0.15, 0.2) is 4.47 Å². The van der Waals surface area contributed by atoms with Gasteiger partial charge < -0.3 is 10.1 Å². The fourth-order valence-corrected chi connectivity index (χ4v) is 2.60.